The lowest BCUT2D eigenvalue weighted by Gasteiger charge is -2.06. The molecule has 0 aliphatic heterocycles. The molecule has 0 saturated heterocycles. The van der Waals surface area contributed by atoms with Crippen molar-refractivity contribution in [3.8, 4) is 5.75 Å². The number of ether oxygens (including phenoxy) is 1. The van der Waals surface area contributed by atoms with E-state index >= 15 is 0 Å². The first-order valence-corrected chi connectivity index (χ1v) is 9.45. The Hall–Kier alpha value is -3.32. The molecule has 0 radical (unpaired) electrons. The van der Waals surface area contributed by atoms with Gasteiger partial charge in [-0.2, -0.15) is 0 Å². The Balaban J connectivity index is 1.80. The summed E-state index contributed by atoms with van der Waals surface area (Å²) in [6, 6.07) is 18.5. The van der Waals surface area contributed by atoms with Crippen LogP contribution in [0.1, 0.15) is 5.69 Å². The first-order valence-electron chi connectivity index (χ1n) is 8.64. The summed E-state index contributed by atoms with van der Waals surface area (Å²) in [4.78, 5) is 17.0. The fourth-order valence-corrected chi connectivity index (χ4v) is 4.15. The van der Waals surface area contributed by atoms with Crippen molar-refractivity contribution in [3.63, 3.8) is 0 Å². The molecular weight excluding hydrogens is 374 g/mol. The summed E-state index contributed by atoms with van der Waals surface area (Å²) >= 11 is 1.39. The van der Waals surface area contributed by atoms with E-state index in [9.17, 15) is 10.1 Å². The van der Waals surface area contributed by atoms with E-state index in [0.717, 1.165) is 27.2 Å². The highest BCUT2D eigenvalue weighted by atomic mass is 32.2. The highest BCUT2D eigenvalue weighted by Crippen LogP contribution is 2.40. The van der Waals surface area contributed by atoms with Crippen LogP contribution in [-0.4, -0.2) is 21.6 Å². The molecule has 6 nitrogen and oxygen atoms in total. The monoisotopic (exact) mass is 391 g/mol. The smallest absolute Gasteiger partial charge is 0.283 e. The molecule has 0 amide bonds. The Labute approximate surface area is 165 Å². The molecule has 0 N–H and O–H groups in total. The Morgan fingerprint density at radius 3 is 2.68 bits per heavy atom. The van der Waals surface area contributed by atoms with Crippen molar-refractivity contribution >= 4 is 28.4 Å². The maximum atomic E-state index is 11.4. The minimum absolute atomic E-state index is 0.103. The Bertz CT molecular complexity index is 1140. The van der Waals surface area contributed by atoms with Crippen LogP contribution in [0.5, 0.6) is 5.75 Å². The second-order valence-corrected chi connectivity index (χ2v) is 7.24. The highest BCUT2D eigenvalue weighted by molar-refractivity contribution is 7.99. The number of nitro benzene ring substituents is 1. The molecular formula is C21H17N3O3S. The lowest BCUT2D eigenvalue weighted by atomic mass is 10.2. The van der Waals surface area contributed by atoms with Gasteiger partial charge < -0.3 is 9.30 Å². The van der Waals surface area contributed by atoms with Crippen molar-refractivity contribution < 1.29 is 9.66 Å². The molecule has 0 spiro atoms. The predicted octanol–water partition coefficient (Wildman–Crippen LogP) is 5.15. The van der Waals surface area contributed by atoms with Crippen LogP contribution in [-0.2, 0) is 6.54 Å². The van der Waals surface area contributed by atoms with E-state index in [2.05, 4.69) is 9.55 Å². The second kappa shape index (κ2) is 7.74. The number of hydrogen-bond donors (Lipinski definition) is 0. The number of nitro groups is 1. The summed E-state index contributed by atoms with van der Waals surface area (Å²) in [6.45, 7) is 0.599. The Morgan fingerprint density at radius 2 is 1.93 bits per heavy atom. The lowest BCUT2D eigenvalue weighted by Crippen LogP contribution is -1.99. The van der Waals surface area contributed by atoms with Gasteiger partial charge in [0.1, 0.15) is 5.75 Å². The average molecular weight is 391 g/mol. The van der Waals surface area contributed by atoms with E-state index in [0.29, 0.717) is 11.4 Å². The topological polar surface area (TPSA) is 70.2 Å². The van der Waals surface area contributed by atoms with Crippen LogP contribution in [0.2, 0.25) is 0 Å². The number of aromatic nitrogens is 2. The molecule has 0 aliphatic carbocycles. The third kappa shape index (κ3) is 3.57. The molecule has 0 fully saturated rings. The van der Waals surface area contributed by atoms with Gasteiger partial charge in [-0.3, -0.25) is 15.1 Å². The molecule has 2 heterocycles. The van der Waals surface area contributed by atoms with E-state index in [-0.39, 0.29) is 10.6 Å². The van der Waals surface area contributed by atoms with E-state index in [1.165, 1.54) is 17.8 Å². The molecule has 0 unspecified atom stereocenters. The van der Waals surface area contributed by atoms with Crippen molar-refractivity contribution in [2.75, 3.05) is 7.11 Å². The molecule has 140 valence electrons. The molecule has 0 atom stereocenters. The first-order chi connectivity index (χ1) is 13.7. The number of hydrogen-bond acceptors (Lipinski definition) is 5. The number of pyridine rings is 1. The molecule has 7 heteroatoms. The lowest BCUT2D eigenvalue weighted by molar-refractivity contribution is -0.387. The minimum Gasteiger partial charge on any atom is -0.497 e. The third-order valence-corrected chi connectivity index (χ3v) is 5.50. The number of rotatable bonds is 6. The molecule has 2 aromatic carbocycles. The third-order valence-electron chi connectivity index (χ3n) is 4.39. The predicted molar refractivity (Wildman–Crippen MR) is 109 cm³/mol. The zero-order valence-corrected chi connectivity index (χ0v) is 15.9. The van der Waals surface area contributed by atoms with Crippen LogP contribution in [0.15, 0.2) is 82.8 Å². The van der Waals surface area contributed by atoms with Crippen LogP contribution in [0.25, 0.3) is 10.9 Å². The zero-order chi connectivity index (χ0) is 19.5. The number of benzene rings is 2. The van der Waals surface area contributed by atoms with Crippen molar-refractivity contribution in [1.82, 2.24) is 9.55 Å². The highest BCUT2D eigenvalue weighted by Gasteiger charge is 2.17. The molecule has 2 aromatic heterocycles. The zero-order valence-electron chi connectivity index (χ0n) is 15.1. The van der Waals surface area contributed by atoms with Crippen LogP contribution in [0.4, 0.5) is 5.69 Å². The Morgan fingerprint density at radius 1 is 1.11 bits per heavy atom. The van der Waals surface area contributed by atoms with E-state index in [4.69, 9.17) is 4.74 Å². The van der Waals surface area contributed by atoms with E-state index in [1.54, 1.807) is 25.4 Å². The summed E-state index contributed by atoms with van der Waals surface area (Å²) in [5.41, 5.74) is 2.03. The van der Waals surface area contributed by atoms with Gasteiger partial charge >= 0.3 is 0 Å². The normalized spacial score (nSPS) is 10.9. The SMILES string of the molecule is COc1ccc2c(Sc3ccccc3[N+](=O)[O-])cn(Cc3ccccn3)c2c1. The molecule has 0 saturated carbocycles. The van der Waals surface area contributed by atoms with Crippen molar-refractivity contribution in [3.05, 3.63) is 88.9 Å². The van der Waals surface area contributed by atoms with Gasteiger partial charge in [-0.1, -0.05) is 30.0 Å². The second-order valence-electron chi connectivity index (χ2n) is 6.15. The van der Waals surface area contributed by atoms with Gasteiger partial charge in [-0.25, -0.2) is 0 Å². The fraction of sp³-hybridized carbons (Fsp3) is 0.0952. The van der Waals surface area contributed by atoms with Crippen molar-refractivity contribution in [2.45, 2.75) is 16.3 Å². The Kier molecular flexibility index (Phi) is 4.99. The van der Waals surface area contributed by atoms with Gasteiger partial charge in [-0.05, 0) is 30.3 Å². The van der Waals surface area contributed by atoms with Gasteiger partial charge in [0.25, 0.3) is 5.69 Å². The molecule has 0 aliphatic rings. The van der Waals surface area contributed by atoms with Crippen LogP contribution < -0.4 is 4.74 Å². The number of para-hydroxylation sites is 1. The minimum atomic E-state index is -0.349. The van der Waals surface area contributed by atoms with Crippen LogP contribution >= 0.6 is 11.8 Å². The van der Waals surface area contributed by atoms with Gasteiger partial charge in [0, 0.05) is 34.8 Å². The molecule has 4 rings (SSSR count). The summed E-state index contributed by atoms with van der Waals surface area (Å²) in [7, 11) is 1.64. The largest absolute Gasteiger partial charge is 0.497 e. The van der Waals surface area contributed by atoms with Gasteiger partial charge in [-0.15, -0.1) is 0 Å². The van der Waals surface area contributed by atoms with Gasteiger partial charge in [0.15, 0.2) is 0 Å². The van der Waals surface area contributed by atoms with Crippen LogP contribution in [0.3, 0.4) is 0 Å². The van der Waals surface area contributed by atoms with E-state index in [1.807, 2.05) is 48.7 Å². The van der Waals surface area contributed by atoms with Crippen molar-refractivity contribution in [1.29, 1.82) is 0 Å². The molecule has 28 heavy (non-hydrogen) atoms. The summed E-state index contributed by atoms with van der Waals surface area (Å²) in [5.74, 6) is 0.759. The molecule has 4 aromatic rings. The van der Waals surface area contributed by atoms with E-state index < -0.39 is 0 Å². The summed E-state index contributed by atoms with van der Waals surface area (Å²) < 4.78 is 7.48. The fourth-order valence-electron chi connectivity index (χ4n) is 3.06. The summed E-state index contributed by atoms with van der Waals surface area (Å²) in [5, 5.41) is 12.4. The average Bonchev–Trinajstić information content (AvgIpc) is 3.05. The number of fused-ring (bicyclic) bond motifs is 1. The number of nitrogens with zero attached hydrogens (tertiary/aromatic N) is 3. The van der Waals surface area contributed by atoms with Crippen LogP contribution in [0, 0.1) is 10.1 Å². The first kappa shape index (κ1) is 18.1. The molecule has 0 bridgehead atoms. The standard InChI is InChI=1S/C21H17N3O3S/c1-27-16-9-10-17-19(12-16)23(13-15-6-4-5-11-22-15)14-21(17)28-20-8-3-2-7-18(20)24(25)26/h2-12,14H,13H2,1H3. The summed E-state index contributed by atoms with van der Waals surface area (Å²) in [6.07, 6.45) is 3.78. The quantitative estimate of drug-likeness (QED) is 0.336. The number of methoxy groups -OCH3 is 1. The van der Waals surface area contributed by atoms with Gasteiger partial charge in [0.05, 0.1) is 34.7 Å². The van der Waals surface area contributed by atoms with Gasteiger partial charge in [0.2, 0.25) is 0 Å². The maximum absolute atomic E-state index is 11.4. The maximum Gasteiger partial charge on any atom is 0.283 e. The van der Waals surface area contributed by atoms with Crippen molar-refractivity contribution in [2.24, 2.45) is 0 Å².